The van der Waals surface area contributed by atoms with Gasteiger partial charge in [-0.05, 0) is 50.0 Å². The number of thioether (sulfide) groups is 1. The van der Waals surface area contributed by atoms with Crippen molar-refractivity contribution in [3.8, 4) is 0 Å². The summed E-state index contributed by atoms with van der Waals surface area (Å²) in [5.74, 6) is -0.644. The fourth-order valence-corrected chi connectivity index (χ4v) is 3.76. The Morgan fingerprint density at radius 3 is 2.66 bits per heavy atom. The van der Waals surface area contributed by atoms with Gasteiger partial charge in [0.15, 0.2) is 5.16 Å². The summed E-state index contributed by atoms with van der Waals surface area (Å²) in [6.07, 6.45) is 1.57. The van der Waals surface area contributed by atoms with Gasteiger partial charge in [-0.15, -0.1) is 10.2 Å². The van der Waals surface area contributed by atoms with E-state index in [2.05, 4.69) is 20.8 Å². The molecule has 0 bridgehead atoms. The number of halogens is 1. The van der Waals surface area contributed by atoms with E-state index in [0.29, 0.717) is 23.0 Å². The number of nitrogens with zero attached hydrogens (tertiary/aromatic N) is 4. The van der Waals surface area contributed by atoms with Crippen molar-refractivity contribution in [2.75, 3.05) is 31.7 Å². The first kappa shape index (κ1) is 23.4. The number of nitrogens with one attached hydrogen (secondary N) is 2. The third-order valence-corrected chi connectivity index (χ3v) is 5.76. The molecule has 0 saturated heterocycles. The minimum Gasteiger partial charge on any atom is -0.350 e. The summed E-state index contributed by atoms with van der Waals surface area (Å²) >= 11 is 1.27. The van der Waals surface area contributed by atoms with Gasteiger partial charge in [0.25, 0.3) is 5.91 Å². The maximum Gasteiger partial charge on any atom is 0.251 e. The maximum absolute atomic E-state index is 13.6. The first-order chi connectivity index (χ1) is 15.3. The van der Waals surface area contributed by atoms with Crippen molar-refractivity contribution in [1.82, 2.24) is 25.0 Å². The second-order valence-electron chi connectivity index (χ2n) is 7.39. The lowest BCUT2D eigenvalue weighted by Gasteiger charge is -2.25. The van der Waals surface area contributed by atoms with Gasteiger partial charge in [-0.1, -0.05) is 30.0 Å². The van der Waals surface area contributed by atoms with Crippen LogP contribution in [0.2, 0.25) is 0 Å². The number of likely N-dealkylation sites (N-methyl/N-ethyl adjacent to an activating group) is 1. The van der Waals surface area contributed by atoms with Gasteiger partial charge >= 0.3 is 0 Å². The third-order valence-electron chi connectivity index (χ3n) is 4.72. The third kappa shape index (κ3) is 6.38. The van der Waals surface area contributed by atoms with Gasteiger partial charge in [0.1, 0.15) is 12.1 Å². The van der Waals surface area contributed by atoms with Crippen LogP contribution in [0.1, 0.15) is 22.0 Å². The van der Waals surface area contributed by atoms with Crippen LogP contribution in [0.15, 0.2) is 60.0 Å². The van der Waals surface area contributed by atoms with E-state index in [9.17, 15) is 14.0 Å². The average Bonchev–Trinajstić information content (AvgIpc) is 3.17. The van der Waals surface area contributed by atoms with Gasteiger partial charge in [-0.3, -0.25) is 9.59 Å². The molecule has 168 valence electrons. The number of aryl methyl sites for hydroxylation is 1. The standard InChI is InChI=1S/C22H25FN6O2S/c1-28(2)19(15-6-4-8-17(23)10-15)12-24-21(31)16-7-5-9-18(11-16)26-20(30)13-32-22-27-25-14-29(22)3/h4-11,14,19H,12-13H2,1-3H3,(H,24,31)(H,26,30). The second-order valence-corrected chi connectivity index (χ2v) is 8.33. The highest BCUT2D eigenvalue weighted by Crippen LogP contribution is 2.19. The Morgan fingerprint density at radius 2 is 1.97 bits per heavy atom. The molecule has 10 heteroatoms. The van der Waals surface area contributed by atoms with E-state index < -0.39 is 0 Å². The summed E-state index contributed by atoms with van der Waals surface area (Å²) in [7, 11) is 5.55. The van der Waals surface area contributed by atoms with E-state index in [1.165, 1.54) is 23.9 Å². The van der Waals surface area contributed by atoms with Gasteiger partial charge in [0.2, 0.25) is 5.91 Å². The van der Waals surface area contributed by atoms with Gasteiger partial charge in [-0.2, -0.15) is 0 Å². The number of carbonyl (C=O) groups is 2. The van der Waals surface area contributed by atoms with Crippen LogP contribution in [-0.2, 0) is 11.8 Å². The van der Waals surface area contributed by atoms with Crippen molar-refractivity contribution in [2.45, 2.75) is 11.2 Å². The predicted octanol–water partition coefficient (Wildman–Crippen LogP) is 2.72. The Labute approximate surface area is 190 Å². The largest absolute Gasteiger partial charge is 0.350 e. The monoisotopic (exact) mass is 456 g/mol. The summed E-state index contributed by atoms with van der Waals surface area (Å²) in [6, 6.07) is 12.9. The number of anilines is 1. The molecule has 1 aromatic heterocycles. The molecule has 0 radical (unpaired) electrons. The van der Waals surface area contributed by atoms with Crippen molar-refractivity contribution in [1.29, 1.82) is 0 Å². The van der Waals surface area contributed by atoms with Crippen LogP contribution >= 0.6 is 11.8 Å². The molecule has 0 aliphatic carbocycles. The molecule has 0 aliphatic heterocycles. The highest BCUT2D eigenvalue weighted by Gasteiger charge is 2.17. The number of carbonyl (C=O) groups excluding carboxylic acids is 2. The second kappa shape index (κ2) is 10.9. The molecule has 0 aliphatic rings. The van der Waals surface area contributed by atoms with Crippen molar-refractivity contribution in [3.63, 3.8) is 0 Å². The summed E-state index contributed by atoms with van der Waals surface area (Å²) in [4.78, 5) is 26.9. The topological polar surface area (TPSA) is 92.2 Å². The summed E-state index contributed by atoms with van der Waals surface area (Å²) < 4.78 is 15.3. The molecule has 2 aromatic carbocycles. The van der Waals surface area contributed by atoms with E-state index in [0.717, 1.165) is 5.56 Å². The zero-order valence-electron chi connectivity index (χ0n) is 18.1. The van der Waals surface area contributed by atoms with Gasteiger partial charge in [0.05, 0.1) is 11.8 Å². The number of hydrogen-bond donors (Lipinski definition) is 2. The lowest BCUT2D eigenvalue weighted by molar-refractivity contribution is -0.113. The Bertz CT molecular complexity index is 1090. The minimum absolute atomic E-state index is 0.168. The molecular weight excluding hydrogens is 431 g/mol. The van der Waals surface area contributed by atoms with Crippen LogP contribution < -0.4 is 10.6 Å². The molecule has 2 N–H and O–H groups in total. The lowest BCUT2D eigenvalue weighted by Crippen LogP contribution is -2.34. The molecule has 3 aromatic rings. The molecule has 3 rings (SSSR count). The minimum atomic E-state index is -0.318. The van der Waals surface area contributed by atoms with Crippen molar-refractivity contribution in [2.24, 2.45) is 7.05 Å². The van der Waals surface area contributed by atoms with Crippen LogP contribution in [-0.4, -0.2) is 57.9 Å². The van der Waals surface area contributed by atoms with Gasteiger partial charge < -0.3 is 20.1 Å². The summed E-state index contributed by atoms with van der Waals surface area (Å²) in [5, 5.41) is 14.0. The predicted molar refractivity (Wildman–Crippen MR) is 122 cm³/mol. The van der Waals surface area contributed by atoms with Gasteiger partial charge in [-0.25, -0.2) is 4.39 Å². The molecular formula is C22H25FN6O2S. The zero-order valence-corrected chi connectivity index (χ0v) is 18.9. The smallest absolute Gasteiger partial charge is 0.251 e. The Balaban J connectivity index is 1.58. The fourth-order valence-electron chi connectivity index (χ4n) is 3.07. The molecule has 8 nitrogen and oxygen atoms in total. The highest BCUT2D eigenvalue weighted by atomic mass is 32.2. The zero-order chi connectivity index (χ0) is 23.1. The van der Waals surface area contributed by atoms with E-state index in [-0.39, 0.29) is 29.4 Å². The Kier molecular flexibility index (Phi) is 7.96. The number of amides is 2. The van der Waals surface area contributed by atoms with Crippen molar-refractivity contribution in [3.05, 3.63) is 71.8 Å². The first-order valence-electron chi connectivity index (χ1n) is 9.90. The van der Waals surface area contributed by atoms with E-state index in [4.69, 9.17) is 0 Å². The van der Waals surface area contributed by atoms with Crippen LogP contribution in [0.4, 0.5) is 10.1 Å². The van der Waals surface area contributed by atoms with Crippen LogP contribution in [0.5, 0.6) is 0 Å². The quantitative estimate of drug-likeness (QED) is 0.481. The van der Waals surface area contributed by atoms with Crippen molar-refractivity contribution < 1.29 is 14.0 Å². The molecule has 1 heterocycles. The van der Waals surface area contributed by atoms with E-state index >= 15 is 0 Å². The highest BCUT2D eigenvalue weighted by molar-refractivity contribution is 7.99. The molecule has 0 fully saturated rings. The number of benzene rings is 2. The van der Waals surface area contributed by atoms with Crippen LogP contribution in [0.3, 0.4) is 0 Å². The van der Waals surface area contributed by atoms with E-state index in [1.54, 1.807) is 48.3 Å². The number of hydrogen-bond acceptors (Lipinski definition) is 6. The summed E-state index contributed by atoms with van der Waals surface area (Å²) in [5.41, 5.74) is 1.72. The lowest BCUT2D eigenvalue weighted by atomic mass is 10.1. The Morgan fingerprint density at radius 1 is 1.19 bits per heavy atom. The number of aromatic nitrogens is 3. The SMILES string of the molecule is CN(C)C(CNC(=O)c1cccc(NC(=O)CSc2nncn2C)c1)c1cccc(F)c1. The molecule has 0 spiro atoms. The Hall–Kier alpha value is -3.24. The normalized spacial score (nSPS) is 11.9. The van der Waals surface area contributed by atoms with Crippen LogP contribution in [0.25, 0.3) is 0 Å². The van der Waals surface area contributed by atoms with Gasteiger partial charge in [0, 0.05) is 24.8 Å². The number of rotatable bonds is 9. The van der Waals surface area contributed by atoms with E-state index in [1.807, 2.05) is 25.1 Å². The molecule has 2 amide bonds. The van der Waals surface area contributed by atoms with Crippen molar-refractivity contribution >= 4 is 29.3 Å². The van der Waals surface area contributed by atoms with Crippen LogP contribution in [0, 0.1) is 5.82 Å². The molecule has 1 atom stereocenters. The molecule has 32 heavy (non-hydrogen) atoms. The maximum atomic E-state index is 13.6. The average molecular weight is 457 g/mol. The first-order valence-corrected chi connectivity index (χ1v) is 10.9. The fraction of sp³-hybridized carbons (Fsp3) is 0.273. The summed E-state index contributed by atoms with van der Waals surface area (Å²) in [6.45, 7) is 0.306. The molecule has 1 unspecified atom stereocenters. The molecule has 0 saturated carbocycles.